The summed E-state index contributed by atoms with van der Waals surface area (Å²) in [6, 6.07) is 0. The number of carbonyl (C=O) groups excluding carboxylic acids is 1. The molecule has 3 fully saturated rings. The van der Waals surface area contributed by atoms with Crippen LogP contribution in [-0.4, -0.2) is 27.6 Å². The summed E-state index contributed by atoms with van der Waals surface area (Å²) in [6.45, 7) is 10.7. The maximum absolute atomic E-state index is 12.5. The van der Waals surface area contributed by atoms with Gasteiger partial charge in [-0.25, -0.2) is 4.79 Å². The van der Waals surface area contributed by atoms with Gasteiger partial charge in [0, 0.05) is 17.9 Å². The molecule has 0 aromatic rings. The smallest absolute Gasteiger partial charge is 0.336 e. The molecule has 4 heteroatoms. The average Bonchev–Trinajstić information content (AvgIpc) is 3.07. The second kappa shape index (κ2) is 6.81. The summed E-state index contributed by atoms with van der Waals surface area (Å²) in [5.74, 6) is -1.03. The van der Waals surface area contributed by atoms with Crippen molar-refractivity contribution in [3.8, 4) is 0 Å². The highest BCUT2D eigenvalue weighted by atomic mass is 16.7. The number of aliphatic hydroxyl groups is 2. The Morgan fingerprint density at radius 1 is 1.28 bits per heavy atom. The molecule has 29 heavy (non-hydrogen) atoms. The maximum atomic E-state index is 12.5. The summed E-state index contributed by atoms with van der Waals surface area (Å²) in [7, 11) is 0. The molecule has 0 radical (unpaired) electrons. The van der Waals surface area contributed by atoms with Crippen LogP contribution in [0, 0.1) is 35.0 Å². The molecule has 8 unspecified atom stereocenters. The molecule has 1 aliphatic heterocycles. The average molecular weight is 401 g/mol. The van der Waals surface area contributed by atoms with E-state index in [1.165, 1.54) is 12.0 Å². The van der Waals surface area contributed by atoms with Crippen molar-refractivity contribution in [1.29, 1.82) is 0 Å². The van der Waals surface area contributed by atoms with Crippen LogP contribution in [0.1, 0.15) is 66.7 Å². The summed E-state index contributed by atoms with van der Waals surface area (Å²) in [5.41, 5.74) is 0.950. The van der Waals surface area contributed by atoms with Gasteiger partial charge >= 0.3 is 5.97 Å². The normalized spacial score (nSPS) is 47.1. The standard InChI is InChI=1S/C25H36O4/c1-15(2)7-6-8-16(3)17-11-12-23(4)13-20-21-18(9-10-19(17)23)22(26)29-25(21,28)14-24(20,5)27/h6-9,16-17,19-21,27-28H,10-14H2,1-5H3. The molecule has 0 aromatic heterocycles. The van der Waals surface area contributed by atoms with Gasteiger partial charge in [-0.05, 0) is 69.6 Å². The first kappa shape index (κ1) is 20.9. The predicted molar refractivity (Wildman–Crippen MR) is 113 cm³/mol. The molecular formula is C25H36O4. The molecule has 4 aliphatic rings. The lowest BCUT2D eigenvalue weighted by molar-refractivity contribution is -0.199. The van der Waals surface area contributed by atoms with E-state index in [9.17, 15) is 15.0 Å². The van der Waals surface area contributed by atoms with Gasteiger partial charge in [0.2, 0.25) is 5.79 Å². The zero-order chi connectivity index (χ0) is 21.2. The molecular weight excluding hydrogens is 364 g/mol. The Bertz CT molecular complexity index is 787. The Morgan fingerprint density at radius 3 is 2.69 bits per heavy atom. The lowest BCUT2D eigenvalue weighted by atomic mass is 9.63. The Morgan fingerprint density at radius 2 is 2.00 bits per heavy atom. The van der Waals surface area contributed by atoms with Gasteiger partial charge in [-0.3, -0.25) is 0 Å². The minimum Gasteiger partial charge on any atom is -0.429 e. The van der Waals surface area contributed by atoms with E-state index in [0.29, 0.717) is 23.3 Å². The maximum Gasteiger partial charge on any atom is 0.336 e. The van der Waals surface area contributed by atoms with Crippen LogP contribution in [0.5, 0.6) is 0 Å². The van der Waals surface area contributed by atoms with Gasteiger partial charge in [0.05, 0.1) is 11.5 Å². The van der Waals surface area contributed by atoms with E-state index in [2.05, 4.69) is 45.9 Å². The van der Waals surface area contributed by atoms with Crippen LogP contribution < -0.4 is 0 Å². The monoisotopic (exact) mass is 400 g/mol. The van der Waals surface area contributed by atoms with Gasteiger partial charge in [0.1, 0.15) is 0 Å². The van der Waals surface area contributed by atoms with E-state index in [4.69, 9.17) is 4.74 Å². The molecule has 160 valence electrons. The number of allylic oxidation sites excluding steroid dienone is 5. The van der Waals surface area contributed by atoms with Crippen molar-refractivity contribution < 1.29 is 19.7 Å². The Balaban J connectivity index is 1.67. The van der Waals surface area contributed by atoms with Gasteiger partial charge in [0.25, 0.3) is 0 Å². The van der Waals surface area contributed by atoms with E-state index in [1.807, 2.05) is 6.08 Å². The van der Waals surface area contributed by atoms with E-state index in [-0.39, 0.29) is 17.8 Å². The first-order valence-electron chi connectivity index (χ1n) is 11.2. The van der Waals surface area contributed by atoms with E-state index in [0.717, 1.165) is 19.3 Å². The van der Waals surface area contributed by atoms with Crippen molar-refractivity contribution in [1.82, 2.24) is 0 Å². The summed E-state index contributed by atoms with van der Waals surface area (Å²) >= 11 is 0. The largest absolute Gasteiger partial charge is 0.429 e. The molecule has 1 heterocycles. The Labute approximate surface area is 174 Å². The number of rotatable bonds is 3. The minimum absolute atomic E-state index is 0.0941. The van der Waals surface area contributed by atoms with Gasteiger partial charge in [-0.2, -0.15) is 0 Å². The van der Waals surface area contributed by atoms with Crippen molar-refractivity contribution in [2.45, 2.75) is 78.1 Å². The molecule has 2 saturated carbocycles. The fourth-order valence-corrected chi connectivity index (χ4v) is 6.95. The number of ether oxygens (including phenoxy) is 1. The van der Waals surface area contributed by atoms with Gasteiger partial charge in [-0.1, -0.05) is 43.7 Å². The van der Waals surface area contributed by atoms with Crippen LogP contribution in [0.3, 0.4) is 0 Å². The predicted octanol–water partition coefficient (Wildman–Crippen LogP) is 4.53. The number of hydrogen-bond donors (Lipinski definition) is 2. The Hall–Kier alpha value is -1.39. The molecule has 2 N–H and O–H groups in total. The minimum atomic E-state index is -1.54. The van der Waals surface area contributed by atoms with Crippen LogP contribution in [0.25, 0.3) is 0 Å². The van der Waals surface area contributed by atoms with Crippen LogP contribution in [0.4, 0.5) is 0 Å². The lowest BCUT2D eigenvalue weighted by Gasteiger charge is -2.42. The number of esters is 1. The topological polar surface area (TPSA) is 66.8 Å². The second-order valence-electron chi connectivity index (χ2n) is 10.9. The van der Waals surface area contributed by atoms with Crippen molar-refractivity contribution in [2.75, 3.05) is 0 Å². The van der Waals surface area contributed by atoms with Crippen LogP contribution in [0.15, 0.2) is 35.5 Å². The van der Waals surface area contributed by atoms with Crippen LogP contribution >= 0.6 is 0 Å². The van der Waals surface area contributed by atoms with E-state index >= 15 is 0 Å². The van der Waals surface area contributed by atoms with Gasteiger partial charge in [0.15, 0.2) is 0 Å². The molecule has 4 rings (SSSR count). The molecule has 8 atom stereocenters. The fourth-order valence-electron chi connectivity index (χ4n) is 6.95. The van der Waals surface area contributed by atoms with Crippen molar-refractivity contribution >= 4 is 5.97 Å². The lowest BCUT2D eigenvalue weighted by Crippen LogP contribution is -2.40. The van der Waals surface area contributed by atoms with Crippen molar-refractivity contribution in [3.63, 3.8) is 0 Å². The summed E-state index contributed by atoms with van der Waals surface area (Å²) in [5, 5.41) is 22.2. The highest BCUT2D eigenvalue weighted by Gasteiger charge is 2.68. The summed E-state index contributed by atoms with van der Waals surface area (Å²) in [4.78, 5) is 12.5. The first-order valence-corrected chi connectivity index (χ1v) is 11.2. The molecule has 0 spiro atoms. The summed E-state index contributed by atoms with van der Waals surface area (Å²) in [6.07, 6.45) is 12.7. The van der Waals surface area contributed by atoms with Gasteiger partial charge < -0.3 is 14.9 Å². The molecule has 0 bridgehead atoms. The van der Waals surface area contributed by atoms with E-state index < -0.39 is 23.3 Å². The van der Waals surface area contributed by atoms with Crippen LogP contribution in [-0.2, 0) is 9.53 Å². The Kier molecular flexibility index (Phi) is 4.90. The fraction of sp³-hybridized carbons (Fsp3) is 0.720. The third kappa shape index (κ3) is 3.33. The van der Waals surface area contributed by atoms with Crippen molar-refractivity contribution in [3.05, 3.63) is 35.5 Å². The third-order valence-corrected chi connectivity index (χ3v) is 8.40. The van der Waals surface area contributed by atoms with Crippen LogP contribution in [0.2, 0.25) is 0 Å². The summed E-state index contributed by atoms with van der Waals surface area (Å²) < 4.78 is 5.41. The number of carbonyl (C=O) groups is 1. The molecule has 1 saturated heterocycles. The zero-order valence-corrected chi connectivity index (χ0v) is 18.4. The quantitative estimate of drug-likeness (QED) is 0.539. The third-order valence-electron chi connectivity index (χ3n) is 8.40. The first-order chi connectivity index (χ1) is 13.5. The van der Waals surface area contributed by atoms with E-state index in [1.54, 1.807) is 6.92 Å². The zero-order valence-electron chi connectivity index (χ0n) is 18.4. The van der Waals surface area contributed by atoms with Gasteiger partial charge in [-0.15, -0.1) is 0 Å². The molecule has 0 amide bonds. The SMILES string of the molecule is CC(C)=CC=CC(C)C1CCC2(C)CC3C4C(=CCC12)C(=O)OC4(O)CC3(C)O. The molecule has 0 aromatic carbocycles. The number of hydrogen-bond acceptors (Lipinski definition) is 4. The molecule has 3 aliphatic carbocycles. The number of fused-ring (bicyclic) bond motifs is 1. The highest BCUT2D eigenvalue weighted by Crippen LogP contribution is 2.63. The molecule has 4 nitrogen and oxygen atoms in total. The highest BCUT2D eigenvalue weighted by molar-refractivity contribution is 5.92. The second-order valence-corrected chi connectivity index (χ2v) is 10.9. The van der Waals surface area contributed by atoms with Crippen molar-refractivity contribution in [2.24, 2.45) is 35.0 Å².